The molecule has 0 amide bonds. The number of pyridine rings is 1. The summed E-state index contributed by atoms with van der Waals surface area (Å²) < 4.78 is 41.7. The quantitative estimate of drug-likeness (QED) is 0.834. The Kier molecular flexibility index (Phi) is 6.18. The number of anilines is 1. The number of ether oxygens (including phenoxy) is 1. The van der Waals surface area contributed by atoms with E-state index in [0.29, 0.717) is 12.1 Å². The van der Waals surface area contributed by atoms with Gasteiger partial charge in [-0.05, 0) is 19.2 Å². The van der Waals surface area contributed by atoms with Crippen LogP contribution in [0.3, 0.4) is 0 Å². The van der Waals surface area contributed by atoms with Crippen molar-refractivity contribution in [1.29, 1.82) is 0 Å². The van der Waals surface area contributed by atoms with Crippen molar-refractivity contribution in [2.75, 3.05) is 38.1 Å². The van der Waals surface area contributed by atoms with Crippen molar-refractivity contribution >= 4 is 5.82 Å². The molecule has 1 aromatic heterocycles. The van der Waals surface area contributed by atoms with Crippen molar-refractivity contribution in [3.63, 3.8) is 0 Å². The second kappa shape index (κ2) is 8.58. The summed E-state index contributed by atoms with van der Waals surface area (Å²) in [6.07, 6.45) is -2.93. The molecule has 5 nitrogen and oxygen atoms in total. The van der Waals surface area contributed by atoms with Crippen LogP contribution in [0.25, 0.3) is 0 Å². The highest BCUT2D eigenvalue weighted by atomic mass is 19.4. The second-order valence-corrected chi connectivity index (χ2v) is 6.54. The zero-order valence-electron chi connectivity index (χ0n) is 15.2. The second-order valence-electron chi connectivity index (χ2n) is 6.54. The molecule has 0 spiro atoms. The normalized spacial score (nSPS) is 15.8. The molecular formula is C19H23F3N4O. The molecule has 8 heteroatoms. The number of piperazine rings is 1. The molecule has 1 fully saturated rings. The largest absolute Gasteiger partial charge is 0.573 e. The van der Waals surface area contributed by atoms with E-state index in [1.165, 1.54) is 12.1 Å². The number of rotatable bonds is 6. The summed E-state index contributed by atoms with van der Waals surface area (Å²) in [5, 5.41) is 3.21. The van der Waals surface area contributed by atoms with Crippen molar-refractivity contribution in [2.24, 2.45) is 0 Å². The van der Waals surface area contributed by atoms with Gasteiger partial charge < -0.3 is 19.9 Å². The van der Waals surface area contributed by atoms with Crippen molar-refractivity contribution in [3.05, 3.63) is 53.7 Å². The van der Waals surface area contributed by atoms with Gasteiger partial charge in [-0.15, -0.1) is 13.2 Å². The summed E-state index contributed by atoms with van der Waals surface area (Å²) in [7, 11) is 2.10. The molecule has 1 aliphatic heterocycles. The van der Waals surface area contributed by atoms with Gasteiger partial charge in [-0.3, -0.25) is 0 Å². The molecule has 1 aliphatic rings. The van der Waals surface area contributed by atoms with Crippen LogP contribution in [-0.4, -0.2) is 49.5 Å². The topological polar surface area (TPSA) is 40.6 Å². The Morgan fingerprint density at radius 1 is 1.00 bits per heavy atom. The first-order valence-corrected chi connectivity index (χ1v) is 8.84. The summed E-state index contributed by atoms with van der Waals surface area (Å²) in [4.78, 5) is 9.03. The maximum Gasteiger partial charge on any atom is 0.573 e. The standard InChI is InChI=1S/C19H23F3N4O/c1-25-9-11-26(12-10-25)18-16(6-4-8-24-18)14-23-13-15-5-2-3-7-17(15)27-19(20,21)22/h2-8,23H,9-14H2,1H3. The average molecular weight is 380 g/mol. The van der Waals surface area contributed by atoms with Gasteiger partial charge in [-0.2, -0.15) is 0 Å². The number of nitrogens with one attached hydrogen (secondary N) is 1. The molecule has 1 aromatic carbocycles. The molecule has 0 unspecified atom stereocenters. The van der Waals surface area contributed by atoms with E-state index in [0.717, 1.165) is 37.6 Å². The zero-order chi connectivity index (χ0) is 19.3. The van der Waals surface area contributed by atoms with E-state index in [1.54, 1.807) is 18.3 Å². The van der Waals surface area contributed by atoms with E-state index >= 15 is 0 Å². The van der Waals surface area contributed by atoms with Gasteiger partial charge in [0.15, 0.2) is 0 Å². The van der Waals surface area contributed by atoms with Gasteiger partial charge >= 0.3 is 6.36 Å². The van der Waals surface area contributed by atoms with Crippen LogP contribution in [0.4, 0.5) is 19.0 Å². The van der Waals surface area contributed by atoms with E-state index in [1.807, 2.05) is 12.1 Å². The third kappa shape index (κ3) is 5.58. The van der Waals surface area contributed by atoms with Crippen LogP contribution in [0.5, 0.6) is 5.75 Å². The molecule has 1 N–H and O–H groups in total. The maximum absolute atomic E-state index is 12.5. The molecule has 0 radical (unpaired) electrons. The number of nitrogens with zero attached hydrogens (tertiary/aromatic N) is 3. The molecular weight excluding hydrogens is 357 g/mol. The highest BCUT2D eigenvalue weighted by Crippen LogP contribution is 2.26. The molecule has 0 bridgehead atoms. The highest BCUT2D eigenvalue weighted by molar-refractivity contribution is 5.47. The van der Waals surface area contributed by atoms with Gasteiger partial charge in [0.1, 0.15) is 11.6 Å². The fraction of sp³-hybridized carbons (Fsp3) is 0.421. The van der Waals surface area contributed by atoms with Gasteiger partial charge in [0.05, 0.1) is 0 Å². The number of benzene rings is 1. The van der Waals surface area contributed by atoms with E-state index in [4.69, 9.17) is 0 Å². The number of likely N-dealkylation sites (N-methyl/N-ethyl adjacent to an activating group) is 1. The number of para-hydroxylation sites is 1. The van der Waals surface area contributed by atoms with Crippen LogP contribution in [0.1, 0.15) is 11.1 Å². The smallest absolute Gasteiger partial charge is 0.405 e. The first-order valence-electron chi connectivity index (χ1n) is 8.84. The lowest BCUT2D eigenvalue weighted by molar-refractivity contribution is -0.274. The van der Waals surface area contributed by atoms with Crippen LogP contribution in [0, 0.1) is 0 Å². The Morgan fingerprint density at radius 3 is 2.41 bits per heavy atom. The lowest BCUT2D eigenvalue weighted by Gasteiger charge is -2.34. The van der Waals surface area contributed by atoms with Crippen molar-refractivity contribution in [3.8, 4) is 5.75 Å². The Hall–Kier alpha value is -2.32. The highest BCUT2D eigenvalue weighted by Gasteiger charge is 2.31. The molecule has 1 saturated heterocycles. The lowest BCUT2D eigenvalue weighted by atomic mass is 10.2. The lowest BCUT2D eigenvalue weighted by Crippen LogP contribution is -2.45. The van der Waals surface area contributed by atoms with Gasteiger partial charge in [0.2, 0.25) is 0 Å². The monoisotopic (exact) mass is 380 g/mol. The van der Waals surface area contributed by atoms with Crippen molar-refractivity contribution in [1.82, 2.24) is 15.2 Å². The summed E-state index contributed by atoms with van der Waals surface area (Å²) in [6, 6.07) is 10.0. The third-order valence-electron chi connectivity index (χ3n) is 4.50. The molecule has 0 saturated carbocycles. The van der Waals surface area contributed by atoms with Crippen LogP contribution < -0.4 is 15.0 Å². The maximum atomic E-state index is 12.5. The molecule has 0 aliphatic carbocycles. The van der Waals surface area contributed by atoms with Crippen molar-refractivity contribution < 1.29 is 17.9 Å². The fourth-order valence-corrected chi connectivity index (χ4v) is 3.08. The summed E-state index contributed by atoms with van der Waals surface area (Å²) >= 11 is 0. The Balaban J connectivity index is 1.63. The SMILES string of the molecule is CN1CCN(c2ncccc2CNCc2ccccc2OC(F)(F)F)CC1. The molecule has 0 atom stereocenters. The first-order chi connectivity index (χ1) is 12.9. The Morgan fingerprint density at radius 2 is 1.67 bits per heavy atom. The fourth-order valence-electron chi connectivity index (χ4n) is 3.08. The number of hydrogen-bond donors (Lipinski definition) is 1. The number of aromatic nitrogens is 1. The number of alkyl halides is 3. The predicted molar refractivity (Wildman–Crippen MR) is 97.6 cm³/mol. The number of hydrogen-bond acceptors (Lipinski definition) is 5. The van der Waals surface area contributed by atoms with Gasteiger partial charge in [-0.1, -0.05) is 24.3 Å². The van der Waals surface area contributed by atoms with Crippen LogP contribution in [0.15, 0.2) is 42.6 Å². The van der Waals surface area contributed by atoms with Crippen LogP contribution >= 0.6 is 0 Å². The summed E-state index contributed by atoms with van der Waals surface area (Å²) in [6.45, 7) is 4.54. The molecule has 2 heterocycles. The average Bonchev–Trinajstić information content (AvgIpc) is 2.63. The van der Waals surface area contributed by atoms with E-state index in [-0.39, 0.29) is 12.3 Å². The molecule has 2 aromatic rings. The minimum Gasteiger partial charge on any atom is -0.405 e. The number of halogens is 3. The van der Waals surface area contributed by atoms with Gasteiger partial charge in [-0.25, -0.2) is 4.98 Å². The van der Waals surface area contributed by atoms with Gasteiger partial charge in [0, 0.05) is 56.6 Å². The molecule has 27 heavy (non-hydrogen) atoms. The predicted octanol–water partition coefficient (Wildman–Crippen LogP) is 3.02. The first kappa shape index (κ1) is 19.4. The van der Waals surface area contributed by atoms with E-state index < -0.39 is 6.36 Å². The molecule has 146 valence electrons. The van der Waals surface area contributed by atoms with E-state index in [2.05, 4.69) is 31.9 Å². The minimum absolute atomic E-state index is 0.178. The molecule has 3 rings (SSSR count). The third-order valence-corrected chi connectivity index (χ3v) is 4.50. The van der Waals surface area contributed by atoms with Crippen molar-refractivity contribution in [2.45, 2.75) is 19.5 Å². The van der Waals surface area contributed by atoms with Gasteiger partial charge in [0.25, 0.3) is 0 Å². The summed E-state index contributed by atoms with van der Waals surface area (Å²) in [5.74, 6) is 0.751. The Bertz CT molecular complexity index is 746. The van der Waals surface area contributed by atoms with Crippen LogP contribution in [-0.2, 0) is 13.1 Å². The zero-order valence-corrected chi connectivity index (χ0v) is 15.2. The summed E-state index contributed by atoms with van der Waals surface area (Å²) in [5.41, 5.74) is 1.48. The Labute approximate surface area is 156 Å². The minimum atomic E-state index is -4.70. The van der Waals surface area contributed by atoms with E-state index in [9.17, 15) is 13.2 Å². The van der Waals surface area contributed by atoms with Crippen LogP contribution in [0.2, 0.25) is 0 Å².